The van der Waals surface area contributed by atoms with Crippen molar-refractivity contribution in [1.82, 2.24) is 10.6 Å². The lowest BCUT2D eigenvalue weighted by Crippen LogP contribution is -2.51. The molecule has 0 radical (unpaired) electrons. The van der Waals surface area contributed by atoms with Crippen molar-refractivity contribution >= 4 is 5.91 Å². The number of nitrogens with one attached hydrogen (secondary N) is 2. The Balaban J connectivity index is 1.71. The second kappa shape index (κ2) is 3.87. The molecule has 0 bridgehead atoms. The summed E-state index contributed by atoms with van der Waals surface area (Å²) >= 11 is 0. The highest BCUT2D eigenvalue weighted by Crippen LogP contribution is 2.30. The van der Waals surface area contributed by atoms with Gasteiger partial charge in [-0.25, -0.2) is 0 Å². The van der Waals surface area contributed by atoms with Crippen LogP contribution in [0.15, 0.2) is 0 Å². The number of carbonyl (C=O) groups excluding carboxylic acids is 1. The molecule has 2 rings (SSSR count). The Bertz CT molecular complexity index is 220. The van der Waals surface area contributed by atoms with E-state index in [0.717, 1.165) is 38.6 Å². The summed E-state index contributed by atoms with van der Waals surface area (Å²) in [6, 6.07) is -0.0290. The van der Waals surface area contributed by atoms with Gasteiger partial charge in [0.25, 0.3) is 0 Å². The van der Waals surface area contributed by atoms with Gasteiger partial charge in [-0.2, -0.15) is 0 Å². The predicted octanol–water partition coefficient (Wildman–Crippen LogP) is -0.230. The van der Waals surface area contributed by atoms with Gasteiger partial charge in [0.15, 0.2) is 0 Å². The molecule has 4 heteroatoms. The number of hydrogen-bond acceptors (Lipinski definition) is 3. The van der Waals surface area contributed by atoms with E-state index in [1.165, 1.54) is 0 Å². The summed E-state index contributed by atoms with van der Waals surface area (Å²) in [6.45, 7) is 1.35. The van der Waals surface area contributed by atoms with E-state index >= 15 is 0 Å². The van der Waals surface area contributed by atoms with Gasteiger partial charge in [-0.15, -0.1) is 0 Å². The van der Waals surface area contributed by atoms with Crippen molar-refractivity contribution in [3.63, 3.8) is 0 Å². The Morgan fingerprint density at radius 3 is 2.79 bits per heavy atom. The summed E-state index contributed by atoms with van der Waals surface area (Å²) in [4.78, 5) is 11.5. The van der Waals surface area contributed by atoms with Crippen molar-refractivity contribution in [2.75, 3.05) is 13.1 Å². The summed E-state index contributed by atoms with van der Waals surface area (Å²) < 4.78 is 0. The summed E-state index contributed by atoms with van der Waals surface area (Å²) in [5.74, 6) is 0.0443. The lowest BCUT2D eigenvalue weighted by Gasteiger charge is -2.36. The lowest BCUT2D eigenvalue weighted by molar-refractivity contribution is -0.125. The van der Waals surface area contributed by atoms with E-state index in [2.05, 4.69) is 10.6 Å². The number of hydrogen-bond donors (Lipinski definition) is 3. The van der Waals surface area contributed by atoms with E-state index in [9.17, 15) is 9.90 Å². The fourth-order valence-corrected chi connectivity index (χ4v) is 2.04. The van der Waals surface area contributed by atoms with Crippen LogP contribution in [-0.4, -0.2) is 35.7 Å². The summed E-state index contributed by atoms with van der Waals surface area (Å²) in [6.07, 6.45) is 4.72. The summed E-state index contributed by atoms with van der Waals surface area (Å²) in [7, 11) is 0. The van der Waals surface area contributed by atoms with Crippen LogP contribution in [0, 0.1) is 0 Å². The van der Waals surface area contributed by atoms with Crippen molar-refractivity contribution in [2.45, 2.75) is 43.7 Å². The van der Waals surface area contributed by atoms with Crippen molar-refractivity contribution in [3.05, 3.63) is 0 Å². The standard InChI is InChI=1S/C10H18N2O2/c13-9(8-3-1-6-11-8)12-7-10(14)4-2-5-10/h8,11,14H,1-7H2,(H,12,13)/t8-/m0/s1. The maximum Gasteiger partial charge on any atom is 0.237 e. The monoisotopic (exact) mass is 198 g/mol. The highest BCUT2D eigenvalue weighted by Gasteiger charge is 2.35. The normalized spacial score (nSPS) is 29.6. The van der Waals surface area contributed by atoms with Crippen molar-refractivity contribution in [3.8, 4) is 0 Å². The third-order valence-corrected chi connectivity index (χ3v) is 3.25. The molecular weight excluding hydrogens is 180 g/mol. The Kier molecular flexibility index (Phi) is 2.74. The van der Waals surface area contributed by atoms with Gasteiger partial charge in [0.2, 0.25) is 5.91 Å². The zero-order chi connectivity index (χ0) is 10.0. The Morgan fingerprint density at radius 1 is 1.50 bits per heavy atom. The second-order valence-corrected chi connectivity index (χ2v) is 4.44. The highest BCUT2D eigenvalue weighted by molar-refractivity contribution is 5.82. The molecule has 2 fully saturated rings. The van der Waals surface area contributed by atoms with E-state index < -0.39 is 5.60 Å². The van der Waals surface area contributed by atoms with Crippen molar-refractivity contribution < 1.29 is 9.90 Å². The first kappa shape index (κ1) is 9.93. The lowest BCUT2D eigenvalue weighted by atomic mass is 9.80. The Morgan fingerprint density at radius 2 is 2.29 bits per heavy atom. The molecule has 14 heavy (non-hydrogen) atoms. The third-order valence-electron chi connectivity index (χ3n) is 3.25. The molecule has 0 aromatic heterocycles. The maximum atomic E-state index is 11.5. The minimum atomic E-state index is -0.603. The molecule has 1 aliphatic heterocycles. The quantitative estimate of drug-likeness (QED) is 0.587. The average molecular weight is 198 g/mol. The Labute approximate surface area is 84.1 Å². The minimum Gasteiger partial charge on any atom is -0.388 e. The van der Waals surface area contributed by atoms with Crippen LogP contribution in [0.3, 0.4) is 0 Å². The number of aliphatic hydroxyl groups is 1. The molecule has 1 atom stereocenters. The van der Waals surface area contributed by atoms with Gasteiger partial charge in [-0.1, -0.05) is 0 Å². The molecule has 1 amide bonds. The fourth-order valence-electron chi connectivity index (χ4n) is 2.04. The van der Waals surface area contributed by atoms with E-state index in [-0.39, 0.29) is 11.9 Å². The number of carbonyl (C=O) groups is 1. The molecule has 0 aromatic rings. The van der Waals surface area contributed by atoms with Gasteiger partial charge >= 0.3 is 0 Å². The largest absolute Gasteiger partial charge is 0.388 e. The van der Waals surface area contributed by atoms with Crippen molar-refractivity contribution in [2.24, 2.45) is 0 Å². The van der Waals surface area contributed by atoms with E-state index in [0.29, 0.717) is 6.54 Å². The second-order valence-electron chi connectivity index (χ2n) is 4.44. The fraction of sp³-hybridized carbons (Fsp3) is 0.900. The topological polar surface area (TPSA) is 61.4 Å². The van der Waals surface area contributed by atoms with Crippen LogP contribution in [-0.2, 0) is 4.79 Å². The third kappa shape index (κ3) is 2.07. The molecular formula is C10H18N2O2. The first-order valence-electron chi connectivity index (χ1n) is 5.43. The molecule has 0 unspecified atom stereocenters. The van der Waals surface area contributed by atoms with Crippen LogP contribution < -0.4 is 10.6 Å². The van der Waals surface area contributed by atoms with Gasteiger partial charge in [0.05, 0.1) is 11.6 Å². The maximum absolute atomic E-state index is 11.5. The van der Waals surface area contributed by atoms with Crippen LogP contribution >= 0.6 is 0 Å². The first-order valence-corrected chi connectivity index (χ1v) is 5.43. The van der Waals surface area contributed by atoms with Crippen LogP contribution in [0.25, 0.3) is 0 Å². The zero-order valence-electron chi connectivity index (χ0n) is 8.38. The summed E-state index contributed by atoms with van der Waals surface area (Å²) in [5, 5.41) is 15.7. The molecule has 2 aliphatic rings. The smallest absolute Gasteiger partial charge is 0.237 e. The predicted molar refractivity (Wildman–Crippen MR) is 52.8 cm³/mol. The molecule has 1 aliphatic carbocycles. The molecule has 4 nitrogen and oxygen atoms in total. The Hall–Kier alpha value is -0.610. The average Bonchev–Trinajstić information content (AvgIpc) is 2.63. The van der Waals surface area contributed by atoms with Crippen LogP contribution in [0.5, 0.6) is 0 Å². The van der Waals surface area contributed by atoms with Gasteiger partial charge in [0.1, 0.15) is 0 Å². The summed E-state index contributed by atoms with van der Waals surface area (Å²) in [5.41, 5.74) is -0.603. The van der Waals surface area contributed by atoms with E-state index in [1.807, 2.05) is 0 Å². The molecule has 1 saturated heterocycles. The van der Waals surface area contributed by atoms with E-state index in [4.69, 9.17) is 0 Å². The molecule has 3 N–H and O–H groups in total. The van der Waals surface area contributed by atoms with Gasteiger partial charge in [-0.3, -0.25) is 4.79 Å². The van der Waals surface area contributed by atoms with Gasteiger partial charge < -0.3 is 15.7 Å². The minimum absolute atomic E-state index is 0.0290. The molecule has 0 aromatic carbocycles. The highest BCUT2D eigenvalue weighted by atomic mass is 16.3. The SMILES string of the molecule is O=C(NCC1(O)CCC1)[C@@H]1CCCN1. The van der Waals surface area contributed by atoms with E-state index in [1.54, 1.807) is 0 Å². The zero-order valence-corrected chi connectivity index (χ0v) is 8.38. The van der Waals surface area contributed by atoms with Gasteiger partial charge in [-0.05, 0) is 38.6 Å². The van der Waals surface area contributed by atoms with Crippen molar-refractivity contribution in [1.29, 1.82) is 0 Å². The van der Waals surface area contributed by atoms with Crippen LogP contribution in [0.4, 0.5) is 0 Å². The number of amides is 1. The van der Waals surface area contributed by atoms with Gasteiger partial charge in [0, 0.05) is 6.54 Å². The van der Waals surface area contributed by atoms with Crippen LogP contribution in [0.1, 0.15) is 32.1 Å². The first-order chi connectivity index (χ1) is 6.70. The number of rotatable bonds is 3. The molecule has 1 saturated carbocycles. The molecule has 80 valence electrons. The van der Waals surface area contributed by atoms with Crippen LogP contribution in [0.2, 0.25) is 0 Å². The molecule has 0 spiro atoms. The molecule has 1 heterocycles.